The minimum Gasteiger partial charge on any atom is -0.479 e. The van der Waals surface area contributed by atoms with Crippen molar-refractivity contribution in [3.8, 4) is 11.1 Å². The minimum absolute atomic E-state index is 0.0296. The maximum Gasteiger partial charge on any atom is 0.411 e. The van der Waals surface area contributed by atoms with Crippen LogP contribution in [0.2, 0.25) is 0 Å². The fraction of sp³-hybridized carbons (Fsp3) is 0.222. The molecule has 8 heteroatoms. The van der Waals surface area contributed by atoms with Crippen molar-refractivity contribution in [3.63, 3.8) is 0 Å². The molecule has 0 heterocycles. The molecule has 0 radical (unpaired) electrons. The number of amides is 2. The van der Waals surface area contributed by atoms with Crippen LogP contribution in [0.5, 0.6) is 0 Å². The Bertz CT molecular complexity index is 1180. The Labute approximate surface area is 202 Å². The second-order valence-electron chi connectivity index (χ2n) is 8.14. The average molecular weight is 475 g/mol. The van der Waals surface area contributed by atoms with Gasteiger partial charge in [0.25, 0.3) is 5.91 Å². The zero-order valence-electron chi connectivity index (χ0n) is 19.2. The topological polar surface area (TPSA) is 114 Å². The number of benzene rings is 3. The number of anilines is 1. The molecule has 0 aliphatic heterocycles. The van der Waals surface area contributed by atoms with Gasteiger partial charge in [-0.2, -0.15) is 0 Å². The van der Waals surface area contributed by atoms with Crippen molar-refractivity contribution < 1.29 is 29.0 Å². The Morgan fingerprint density at radius 3 is 2.09 bits per heavy atom. The summed E-state index contributed by atoms with van der Waals surface area (Å²) in [6.45, 7) is 0.364. The van der Waals surface area contributed by atoms with Crippen molar-refractivity contribution in [1.82, 2.24) is 5.32 Å². The minimum atomic E-state index is -1.08. The lowest BCUT2D eigenvalue weighted by atomic mass is 9.98. The average Bonchev–Trinajstić information content (AvgIpc) is 3.19. The van der Waals surface area contributed by atoms with Crippen molar-refractivity contribution in [2.45, 2.75) is 18.4 Å². The Kier molecular flexibility index (Phi) is 7.42. The zero-order chi connectivity index (χ0) is 24.8. The molecule has 4 rings (SSSR count). The predicted molar refractivity (Wildman–Crippen MR) is 131 cm³/mol. The van der Waals surface area contributed by atoms with Gasteiger partial charge in [0.15, 0.2) is 6.10 Å². The van der Waals surface area contributed by atoms with Crippen LogP contribution in [0.3, 0.4) is 0 Å². The van der Waals surface area contributed by atoms with E-state index in [4.69, 9.17) is 14.6 Å². The highest BCUT2D eigenvalue weighted by atomic mass is 16.5. The van der Waals surface area contributed by atoms with E-state index in [2.05, 4.69) is 34.9 Å². The molecule has 8 nitrogen and oxygen atoms in total. The number of hydrogen-bond acceptors (Lipinski definition) is 5. The maximum atomic E-state index is 12.4. The lowest BCUT2D eigenvalue weighted by Crippen LogP contribution is -2.31. The van der Waals surface area contributed by atoms with Gasteiger partial charge in [0.1, 0.15) is 6.61 Å². The predicted octanol–water partition coefficient (Wildman–Crippen LogP) is 4.27. The van der Waals surface area contributed by atoms with Crippen LogP contribution in [0.4, 0.5) is 10.5 Å². The van der Waals surface area contributed by atoms with E-state index in [1.807, 2.05) is 24.3 Å². The molecule has 35 heavy (non-hydrogen) atoms. The largest absolute Gasteiger partial charge is 0.479 e. The SMILES string of the molecule is COC(CCNC(=O)c1ccc(NC(=O)OCC2c3ccccc3-c3ccccc32)cc1)C(=O)O. The van der Waals surface area contributed by atoms with Crippen LogP contribution in [-0.2, 0) is 14.3 Å². The van der Waals surface area contributed by atoms with Crippen LogP contribution in [0, 0.1) is 0 Å². The quantitative estimate of drug-likeness (QED) is 0.427. The first-order valence-corrected chi connectivity index (χ1v) is 11.2. The Balaban J connectivity index is 1.29. The number of carboxylic acids is 1. The molecular weight excluding hydrogens is 448 g/mol. The molecule has 1 unspecified atom stereocenters. The Morgan fingerprint density at radius 1 is 0.914 bits per heavy atom. The summed E-state index contributed by atoms with van der Waals surface area (Å²) >= 11 is 0. The van der Waals surface area contributed by atoms with Gasteiger partial charge in [-0.05, 0) is 46.5 Å². The first-order valence-electron chi connectivity index (χ1n) is 11.2. The van der Waals surface area contributed by atoms with E-state index in [0.29, 0.717) is 11.3 Å². The molecule has 0 saturated carbocycles. The van der Waals surface area contributed by atoms with E-state index in [9.17, 15) is 14.4 Å². The number of rotatable bonds is 9. The summed E-state index contributed by atoms with van der Waals surface area (Å²) < 4.78 is 10.4. The van der Waals surface area contributed by atoms with Crippen LogP contribution in [-0.4, -0.2) is 49.4 Å². The summed E-state index contributed by atoms with van der Waals surface area (Å²) in [5.74, 6) is -1.46. The first-order chi connectivity index (χ1) is 17.0. The van der Waals surface area contributed by atoms with E-state index in [-0.39, 0.29) is 31.4 Å². The maximum absolute atomic E-state index is 12.4. The number of ether oxygens (including phenoxy) is 2. The third kappa shape index (κ3) is 5.50. The van der Waals surface area contributed by atoms with Crippen molar-refractivity contribution in [3.05, 3.63) is 89.5 Å². The third-order valence-electron chi connectivity index (χ3n) is 5.99. The third-order valence-corrected chi connectivity index (χ3v) is 5.99. The van der Waals surface area contributed by atoms with Crippen molar-refractivity contribution >= 4 is 23.7 Å². The van der Waals surface area contributed by atoms with E-state index in [1.54, 1.807) is 24.3 Å². The normalized spacial score (nSPS) is 12.8. The van der Waals surface area contributed by atoms with Gasteiger partial charge in [0.2, 0.25) is 0 Å². The van der Waals surface area contributed by atoms with Gasteiger partial charge in [0.05, 0.1) is 0 Å². The van der Waals surface area contributed by atoms with Crippen LogP contribution in [0.1, 0.15) is 33.8 Å². The van der Waals surface area contributed by atoms with Gasteiger partial charge >= 0.3 is 12.1 Å². The van der Waals surface area contributed by atoms with Crippen LogP contribution in [0.15, 0.2) is 72.8 Å². The molecule has 180 valence electrons. The summed E-state index contributed by atoms with van der Waals surface area (Å²) in [6, 6.07) is 22.6. The number of aliphatic carboxylic acids is 1. The number of hydrogen-bond donors (Lipinski definition) is 3. The fourth-order valence-electron chi connectivity index (χ4n) is 4.22. The molecule has 0 saturated heterocycles. The monoisotopic (exact) mass is 474 g/mol. The Morgan fingerprint density at radius 2 is 1.51 bits per heavy atom. The second-order valence-corrected chi connectivity index (χ2v) is 8.14. The second kappa shape index (κ2) is 10.8. The molecule has 0 aromatic heterocycles. The van der Waals surface area contributed by atoms with Gasteiger partial charge in [-0.3, -0.25) is 10.1 Å². The van der Waals surface area contributed by atoms with E-state index >= 15 is 0 Å². The molecule has 3 N–H and O–H groups in total. The van der Waals surface area contributed by atoms with E-state index < -0.39 is 18.2 Å². The number of carbonyl (C=O) groups excluding carboxylic acids is 2. The fourth-order valence-corrected chi connectivity index (χ4v) is 4.22. The van der Waals surface area contributed by atoms with Crippen molar-refractivity contribution in [2.75, 3.05) is 25.6 Å². The smallest absolute Gasteiger partial charge is 0.411 e. The summed E-state index contributed by atoms with van der Waals surface area (Å²) in [5, 5.41) is 14.3. The first kappa shape index (κ1) is 24.0. The van der Waals surface area contributed by atoms with Gasteiger partial charge in [-0.1, -0.05) is 48.5 Å². The molecule has 0 fully saturated rings. The van der Waals surface area contributed by atoms with Gasteiger partial charge in [-0.25, -0.2) is 9.59 Å². The summed E-state index contributed by atoms with van der Waals surface area (Å²) in [5.41, 5.74) is 5.46. The molecule has 2 amide bonds. The van der Waals surface area contributed by atoms with Crippen LogP contribution in [0.25, 0.3) is 11.1 Å². The van der Waals surface area contributed by atoms with Gasteiger partial charge in [0, 0.05) is 37.2 Å². The Hall–Kier alpha value is -4.17. The number of carboxylic acid groups (broad SMARTS) is 1. The van der Waals surface area contributed by atoms with E-state index in [1.165, 1.54) is 7.11 Å². The summed E-state index contributed by atoms with van der Waals surface area (Å²) in [6.07, 6.45) is -1.40. The molecule has 3 aromatic carbocycles. The highest BCUT2D eigenvalue weighted by molar-refractivity contribution is 5.95. The number of carbonyl (C=O) groups is 3. The summed E-state index contributed by atoms with van der Waals surface area (Å²) in [4.78, 5) is 35.6. The van der Waals surface area contributed by atoms with Crippen LogP contribution < -0.4 is 10.6 Å². The molecule has 0 bridgehead atoms. The molecular formula is C27H26N2O6. The number of methoxy groups -OCH3 is 1. The standard InChI is InChI=1S/C27H26N2O6/c1-34-24(26(31)32)14-15-28-25(30)17-10-12-18(13-11-17)29-27(33)35-16-23-21-8-4-2-6-19(21)20-7-3-5-9-22(20)23/h2-13,23-24H,14-16H2,1H3,(H,28,30)(H,29,33)(H,31,32). The highest BCUT2D eigenvalue weighted by Crippen LogP contribution is 2.44. The summed E-state index contributed by atoms with van der Waals surface area (Å²) in [7, 11) is 1.31. The lowest BCUT2D eigenvalue weighted by Gasteiger charge is -2.14. The molecule has 1 aliphatic rings. The molecule has 1 aliphatic carbocycles. The number of fused-ring (bicyclic) bond motifs is 3. The van der Waals surface area contributed by atoms with E-state index in [0.717, 1.165) is 22.3 Å². The van der Waals surface area contributed by atoms with Crippen LogP contribution >= 0.6 is 0 Å². The highest BCUT2D eigenvalue weighted by Gasteiger charge is 2.29. The lowest BCUT2D eigenvalue weighted by molar-refractivity contribution is -0.148. The van der Waals surface area contributed by atoms with Crippen molar-refractivity contribution in [1.29, 1.82) is 0 Å². The van der Waals surface area contributed by atoms with Gasteiger partial charge in [-0.15, -0.1) is 0 Å². The molecule has 3 aromatic rings. The van der Waals surface area contributed by atoms with Crippen molar-refractivity contribution in [2.24, 2.45) is 0 Å². The zero-order valence-corrected chi connectivity index (χ0v) is 19.2. The molecule has 0 spiro atoms. The van der Waals surface area contributed by atoms with Gasteiger partial charge < -0.3 is 19.9 Å². The molecule has 1 atom stereocenters. The number of nitrogens with one attached hydrogen (secondary N) is 2.